The van der Waals surface area contributed by atoms with Crippen molar-refractivity contribution in [1.82, 2.24) is 0 Å². The zero-order chi connectivity index (χ0) is 10.7. The minimum Gasteiger partial charge on any atom is -0.872 e. The number of benzene rings is 2. The lowest BCUT2D eigenvalue weighted by Gasteiger charge is -2.17. The van der Waals surface area contributed by atoms with E-state index in [9.17, 15) is 5.11 Å². The van der Waals surface area contributed by atoms with Gasteiger partial charge in [0.1, 0.15) is 0 Å². The highest BCUT2D eigenvalue weighted by atomic mass is 31.1. The second kappa shape index (κ2) is 4.43. The largest absolute Gasteiger partial charge is 0.872 e. The van der Waals surface area contributed by atoms with E-state index in [1.54, 1.807) is 18.2 Å². The summed E-state index contributed by atoms with van der Waals surface area (Å²) in [6.07, 6.45) is 0. The molecule has 0 aliphatic heterocycles. The van der Waals surface area contributed by atoms with E-state index in [4.69, 9.17) is 4.89 Å². The normalized spacial score (nSPS) is 11.0. The summed E-state index contributed by atoms with van der Waals surface area (Å²) in [7, 11) is -0.442. The van der Waals surface area contributed by atoms with Crippen LogP contribution in [0.4, 0.5) is 0 Å². The van der Waals surface area contributed by atoms with E-state index in [0.717, 1.165) is 5.56 Å². The van der Waals surface area contributed by atoms with Crippen molar-refractivity contribution < 1.29 is 10.00 Å². The zero-order valence-corrected chi connectivity index (χ0v) is 8.97. The summed E-state index contributed by atoms with van der Waals surface area (Å²) in [5.41, 5.74) is 1.54. The average molecular weight is 217 g/mol. The van der Waals surface area contributed by atoms with Gasteiger partial charge >= 0.3 is 0 Å². The maximum atomic E-state index is 11.8. The molecule has 0 heterocycles. The molecule has 2 aromatic carbocycles. The molecule has 1 N–H and O–H groups in total. The monoisotopic (exact) mass is 217 g/mol. The van der Waals surface area contributed by atoms with E-state index in [-0.39, 0.29) is 5.75 Å². The summed E-state index contributed by atoms with van der Waals surface area (Å²) in [6.45, 7) is 0. The molecular weight excluding hydrogens is 207 g/mol. The maximum absolute atomic E-state index is 11.8. The van der Waals surface area contributed by atoms with E-state index in [1.165, 1.54) is 0 Å². The Morgan fingerprint density at radius 3 is 2.33 bits per heavy atom. The summed E-state index contributed by atoms with van der Waals surface area (Å²) in [5.74, 6) is -0.0791. The molecule has 0 fully saturated rings. The van der Waals surface area contributed by atoms with Gasteiger partial charge in [0.05, 0.1) is 0 Å². The maximum Gasteiger partial charge on any atom is 0.0414 e. The van der Waals surface area contributed by atoms with Crippen LogP contribution in [-0.4, -0.2) is 4.89 Å². The molecule has 0 aromatic heterocycles. The van der Waals surface area contributed by atoms with Gasteiger partial charge in [0, 0.05) is 8.81 Å². The second-order valence-electron chi connectivity index (χ2n) is 3.16. The molecule has 0 aliphatic carbocycles. The van der Waals surface area contributed by atoms with E-state index >= 15 is 0 Å². The van der Waals surface area contributed by atoms with Crippen LogP contribution in [0.25, 0.3) is 11.1 Å². The predicted molar refractivity (Wildman–Crippen MR) is 61.5 cm³/mol. The molecule has 2 rings (SSSR count). The quantitative estimate of drug-likeness (QED) is 0.777. The fourth-order valence-corrected chi connectivity index (χ4v) is 1.88. The number of rotatable bonds is 2. The number of hydrogen-bond acceptors (Lipinski definition) is 2. The molecule has 1 atom stereocenters. The first kappa shape index (κ1) is 10.2. The minimum absolute atomic E-state index is 0.0791. The van der Waals surface area contributed by atoms with E-state index < -0.39 is 8.81 Å². The van der Waals surface area contributed by atoms with Crippen LogP contribution in [0.3, 0.4) is 0 Å². The second-order valence-corrected chi connectivity index (χ2v) is 3.92. The van der Waals surface area contributed by atoms with E-state index in [1.807, 2.05) is 30.3 Å². The molecule has 0 aliphatic rings. The Hall–Kier alpha value is -1.37. The third-order valence-corrected chi connectivity index (χ3v) is 2.85. The van der Waals surface area contributed by atoms with Crippen molar-refractivity contribution in [3.05, 3.63) is 48.5 Å². The van der Waals surface area contributed by atoms with Crippen molar-refractivity contribution in [2.75, 3.05) is 0 Å². The Kier molecular flexibility index (Phi) is 3.00. The Morgan fingerprint density at radius 2 is 1.67 bits per heavy atom. The van der Waals surface area contributed by atoms with E-state index in [0.29, 0.717) is 10.9 Å². The summed E-state index contributed by atoms with van der Waals surface area (Å²) in [4.78, 5) is 9.02. The lowest BCUT2D eigenvalue weighted by atomic mass is 10.1. The van der Waals surface area contributed by atoms with Gasteiger partial charge < -0.3 is 10.00 Å². The van der Waals surface area contributed by atoms with Gasteiger partial charge in [-0.15, -0.1) is 0 Å². The Morgan fingerprint density at radius 1 is 0.933 bits per heavy atom. The van der Waals surface area contributed by atoms with Crippen molar-refractivity contribution >= 4 is 14.1 Å². The summed E-state index contributed by atoms with van der Waals surface area (Å²) >= 11 is 0. The highest BCUT2D eigenvalue weighted by Crippen LogP contribution is 2.27. The summed E-state index contributed by atoms with van der Waals surface area (Å²) in [6, 6.07) is 14.7. The van der Waals surface area contributed by atoms with Gasteiger partial charge in [-0.2, -0.15) is 0 Å². The van der Waals surface area contributed by atoms with Crippen molar-refractivity contribution in [2.45, 2.75) is 0 Å². The average Bonchev–Trinajstić information content (AvgIpc) is 2.30. The highest BCUT2D eigenvalue weighted by molar-refractivity contribution is 7.41. The predicted octanol–water partition coefficient (Wildman–Crippen LogP) is 1.64. The topological polar surface area (TPSA) is 43.3 Å². The van der Waals surface area contributed by atoms with Crippen LogP contribution < -0.4 is 10.4 Å². The van der Waals surface area contributed by atoms with Gasteiger partial charge in [-0.25, -0.2) is 0 Å². The lowest BCUT2D eigenvalue weighted by Crippen LogP contribution is -2.06. The van der Waals surface area contributed by atoms with Gasteiger partial charge in [-0.1, -0.05) is 54.3 Å². The third-order valence-electron chi connectivity index (χ3n) is 2.22. The van der Waals surface area contributed by atoms with Crippen LogP contribution in [0, 0.1) is 0 Å². The first-order chi connectivity index (χ1) is 7.33. The minimum atomic E-state index is -0.442. The van der Waals surface area contributed by atoms with Crippen molar-refractivity contribution in [3.8, 4) is 16.9 Å². The molecule has 0 bridgehead atoms. The molecule has 0 spiro atoms. The molecule has 2 aromatic rings. The first-order valence-electron chi connectivity index (χ1n) is 4.58. The van der Waals surface area contributed by atoms with Gasteiger partial charge in [-0.3, -0.25) is 0 Å². The Labute approximate surface area is 90.1 Å². The molecule has 1 unspecified atom stereocenters. The standard InChI is InChI=1S/C12H11O2P/c13-12-10(7-4-8-11(12)15-14)9-5-2-1-3-6-9/h1-8,13-15H/p-1. The van der Waals surface area contributed by atoms with Crippen molar-refractivity contribution in [3.63, 3.8) is 0 Å². The van der Waals surface area contributed by atoms with Gasteiger partial charge in [0.2, 0.25) is 0 Å². The number of hydrogen-bond donors (Lipinski definition) is 1. The smallest absolute Gasteiger partial charge is 0.0414 e. The van der Waals surface area contributed by atoms with Gasteiger partial charge in [0.15, 0.2) is 0 Å². The van der Waals surface area contributed by atoms with Gasteiger partial charge in [-0.05, 0) is 16.4 Å². The molecule has 2 nitrogen and oxygen atoms in total. The lowest BCUT2D eigenvalue weighted by molar-refractivity contribution is -0.265. The molecule has 0 amide bonds. The SMILES string of the molecule is [O-]c1c(PO)cccc1-c1ccccc1. The molecule has 0 radical (unpaired) electrons. The van der Waals surface area contributed by atoms with Crippen LogP contribution in [0.5, 0.6) is 5.75 Å². The van der Waals surface area contributed by atoms with Crippen LogP contribution in [-0.2, 0) is 0 Å². The van der Waals surface area contributed by atoms with Gasteiger partial charge in [0.25, 0.3) is 0 Å². The molecule has 3 heteroatoms. The fraction of sp³-hybridized carbons (Fsp3) is 0. The zero-order valence-electron chi connectivity index (χ0n) is 7.97. The molecule has 0 saturated carbocycles. The molecule has 0 saturated heterocycles. The first-order valence-corrected chi connectivity index (χ1v) is 5.53. The third kappa shape index (κ3) is 2.01. The van der Waals surface area contributed by atoms with Crippen molar-refractivity contribution in [2.24, 2.45) is 0 Å². The van der Waals surface area contributed by atoms with Crippen LogP contribution in [0.15, 0.2) is 48.5 Å². The Balaban J connectivity index is 2.54. The van der Waals surface area contributed by atoms with Crippen LogP contribution in [0.2, 0.25) is 0 Å². The summed E-state index contributed by atoms with van der Waals surface area (Å²) < 4.78 is 0. The molecule has 76 valence electrons. The highest BCUT2D eigenvalue weighted by Gasteiger charge is 2.00. The molecule has 15 heavy (non-hydrogen) atoms. The van der Waals surface area contributed by atoms with Crippen LogP contribution in [0.1, 0.15) is 0 Å². The van der Waals surface area contributed by atoms with E-state index in [2.05, 4.69) is 0 Å². The fourth-order valence-electron chi connectivity index (χ4n) is 1.47. The number of para-hydroxylation sites is 1. The van der Waals surface area contributed by atoms with Crippen molar-refractivity contribution in [1.29, 1.82) is 0 Å². The Bertz CT molecular complexity index is 454. The summed E-state index contributed by atoms with van der Waals surface area (Å²) in [5, 5.41) is 12.3. The molecular formula is C12H10O2P-. The van der Waals surface area contributed by atoms with Crippen LogP contribution >= 0.6 is 8.81 Å².